The molecule has 1 heterocycles. The van der Waals surface area contributed by atoms with E-state index in [0.29, 0.717) is 12.1 Å². The van der Waals surface area contributed by atoms with E-state index in [-0.39, 0.29) is 0 Å². The molecule has 4 heteroatoms. The Labute approximate surface area is 90.8 Å². The van der Waals surface area contributed by atoms with Crippen molar-refractivity contribution in [1.82, 2.24) is 15.2 Å². The van der Waals surface area contributed by atoms with Gasteiger partial charge in [-0.2, -0.15) is 5.10 Å². The molecular formula is C11H20N4. The molecule has 2 rings (SSSR count). The molecule has 1 unspecified atom stereocenters. The van der Waals surface area contributed by atoms with Crippen LogP contribution >= 0.6 is 0 Å². The fourth-order valence-corrected chi connectivity index (χ4v) is 1.86. The molecule has 1 saturated carbocycles. The Morgan fingerprint density at radius 3 is 2.80 bits per heavy atom. The first-order chi connectivity index (χ1) is 7.20. The van der Waals surface area contributed by atoms with Crippen LogP contribution in [0.4, 0.5) is 0 Å². The highest BCUT2D eigenvalue weighted by molar-refractivity contribution is 5.04. The predicted molar refractivity (Wildman–Crippen MR) is 60.2 cm³/mol. The molecular weight excluding hydrogens is 188 g/mol. The largest absolute Gasteiger partial charge is 0.271 e. The second kappa shape index (κ2) is 4.33. The standard InChI is InChI=1S/C11H20N4/c1-8(2)15-6-5-10(14-15)7-11(13-12)9-3-4-9/h5-6,8-9,11,13H,3-4,7,12H2,1-2H3. The topological polar surface area (TPSA) is 55.9 Å². The summed E-state index contributed by atoms with van der Waals surface area (Å²) >= 11 is 0. The molecule has 0 saturated heterocycles. The van der Waals surface area contributed by atoms with E-state index in [1.54, 1.807) is 0 Å². The Kier molecular flexibility index (Phi) is 3.07. The number of hydrogen-bond donors (Lipinski definition) is 2. The monoisotopic (exact) mass is 208 g/mol. The van der Waals surface area contributed by atoms with Gasteiger partial charge in [-0.1, -0.05) is 0 Å². The lowest BCUT2D eigenvalue weighted by atomic mass is 10.1. The molecule has 0 bridgehead atoms. The Balaban J connectivity index is 1.96. The minimum Gasteiger partial charge on any atom is -0.271 e. The van der Waals surface area contributed by atoms with Crippen LogP contribution in [0.3, 0.4) is 0 Å². The van der Waals surface area contributed by atoms with Gasteiger partial charge in [0.1, 0.15) is 0 Å². The van der Waals surface area contributed by atoms with Crippen molar-refractivity contribution in [2.75, 3.05) is 0 Å². The minimum atomic E-state index is 0.403. The summed E-state index contributed by atoms with van der Waals surface area (Å²) in [4.78, 5) is 0. The van der Waals surface area contributed by atoms with Crippen molar-refractivity contribution in [1.29, 1.82) is 0 Å². The van der Waals surface area contributed by atoms with Crippen molar-refractivity contribution in [3.63, 3.8) is 0 Å². The zero-order valence-corrected chi connectivity index (χ0v) is 9.48. The summed E-state index contributed by atoms with van der Waals surface area (Å²) in [7, 11) is 0. The SMILES string of the molecule is CC(C)n1ccc(CC(NN)C2CC2)n1. The number of hydrazine groups is 1. The Morgan fingerprint density at radius 1 is 1.60 bits per heavy atom. The van der Waals surface area contributed by atoms with Gasteiger partial charge in [0.25, 0.3) is 0 Å². The third-order valence-corrected chi connectivity index (χ3v) is 3.03. The van der Waals surface area contributed by atoms with Crippen LogP contribution in [0.25, 0.3) is 0 Å². The molecule has 0 radical (unpaired) electrons. The number of nitrogens with zero attached hydrogens (tertiary/aromatic N) is 2. The molecule has 1 aliphatic rings. The molecule has 0 amide bonds. The van der Waals surface area contributed by atoms with Gasteiger partial charge in [0.2, 0.25) is 0 Å². The summed E-state index contributed by atoms with van der Waals surface area (Å²) in [6.45, 7) is 4.27. The van der Waals surface area contributed by atoms with Gasteiger partial charge < -0.3 is 0 Å². The second-order valence-electron chi connectivity index (χ2n) is 4.70. The zero-order valence-electron chi connectivity index (χ0n) is 9.48. The number of aromatic nitrogens is 2. The van der Waals surface area contributed by atoms with Crippen molar-refractivity contribution >= 4 is 0 Å². The molecule has 1 aromatic rings. The van der Waals surface area contributed by atoms with E-state index < -0.39 is 0 Å². The van der Waals surface area contributed by atoms with E-state index in [1.165, 1.54) is 12.8 Å². The van der Waals surface area contributed by atoms with Gasteiger partial charge in [-0.25, -0.2) is 0 Å². The molecule has 1 aliphatic carbocycles. The van der Waals surface area contributed by atoms with Crippen molar-refractivity contribution in [2.45, 2.75) is 45.2 Å². The molecule has 4 nitrogen and oxygen atoms in total. The second-order valence-corrected chi connectivity index (χ2v) is 4.70. The Hall–Kier alpha value is -0.870. The highest BCUT2D eigenvalue weighted by Gasteiger charge is 2.30. The Bertz CT molecular complexity index is 314. The summed E-state index contributed by atoms with van der Waals surface area (Å²) in [6, 6.07) is 2.93. The minimum absolute atomic E-state index is 0.403. The van der Waals surface area contributed by atoms with E-state index in [4.69, 9.17) is 5.84 Å². The van der Waals surface area contributed by atoms with Crippen LogP contribution in [-0.4, -0.2) is 15.8 Å². The lowest BCUT2D eigenvalue weighted by Crippen LogP contribution is -2.38. The van der Waals surface area contributed by atoms with E-state index in [1.807, 2.05) is 10.9 Å². The number of hydrogen-bond acceptors (Lipinski definition) is 3. The number of nitrogens with two attached hydrogens (primary N) is 1. The van der Waals surface area contributed by atoms with Crippen LogP contribution in [-0.2, 0) is 6.42 Å². The molecule has 3 N–H and O–H groups in total. The van der Waals surface area contributed by atoms with Crippen LogP contribution < -0.4 is 11.3 Å². The van der Waals surface area contributed by atoms with Gasteiger partial charge in [-0.15, -0.1) is 0 Å². The van der Waals surface area contributed by atoms with Crippen LogP contribution in [0.1, 0.15) is 38.4 Å². The highest BCUT2D eigenvalue weighted by atomic mass is 15.3. The maximum atomic E-state index is 5.54. The molecule has 1 fully saturated rings. The van der Waals surface area contributed by atoms with E-state index in [0.717, 1.165) is 18.0 Å². The van der Waals surface area contributed by atoms with E-state index in [9.17, 15) is 0 Å². The molecule has 1 aromatic heterocycles. The van der Waals surface area contributed by atoms with Crippen molar-refractivity contribution in [3.8, 4) is 0 Å². The van der Waals surface area contributed by atoms with Gasteiger partial charge in [0.05, 0.1) is 5.69 Å². The van der Waals surface area contributed by atoms with Gasteiger partial charge in [-0.3, -0.25) is 16.0 Å². The number of nitrogens with one attached hydrogen (secondary N) is 1. The van der Waals surface area contributed by atoms with Crippen molar-refractivity contribution in [3.05, 3.63) is 18.0 Å². The average molecular weight is 208 g/mol. The fraction of sp³-hybridized carbons (Fsp3) is 0.727. The van der Waals surface area contributed by atoms with Gasteiger partial charge >= 0.3 is 0 Å². The highest BCUT2D eigenvalue weighted by Crippen LogP contribution is 2.33. The first kappa shape index (κ1) is 10.6. The zero-order chi connectivity index (χ0) is 10.8. The average Bonchev–Trinajstić information content (AvgIpc) is 2.94. The summed E-state index contributed by atoms with van der Waals surface area (Å²) in [6.07, 6.45) is 5.60. The predicted octanol–water partition coefficient (Wildman–Crippen LogP) is 1.25. The molecule has 0 aliphatic heterocycles. The summed E-state index contributed by atoms with van der Waals surface area (Å²) in [5.41, 5.74) is 4.04. The quantitative estimate of drug-likeness (QED) is 0.565. The molecule has 0 spiro atoms. The summed E-state index contributed by atoms with van der Waals surface area (Å²) in [5, 5.41) is 4.53. The van der Waals surface area contributed by atoms with Crippen molar-refractivity contribution < 1.29 is 0 Å². The first-order valence-corrected chi connectivity index (χ1v) is 5.71. The molecule has 84 valence electrons. The molecule has 0 aromatic carbocycles. The fourth-order valence-electron chi connectivity index (χ4n) is 1.86. The van der Waals surface area contributed by atoms with E-state index >= 15 is 0 Å². The normalized spacial score (nSPS) is 18.4. The Morgan fingerprint density at radius 2 is 2.33 bits per heavy atom. The summed E-state index contributed by atoms with van der Waals surface area (Å²) < 4.78 is 2.00. The van der Waals surface area contributed by atoms with Crippen molar-refractivity contribution in [2.24, 2.45) is 11.8 Å². The molecule has 1 atom stereocenters. The van der Waals surface area contributed by atoms with Crippen LogP contribution in [0.5, 0.6) is 0 Å². The van der Waals surface area contributed by atoms with Gasteiger partial charge in [-0.05, 0) is 38.7 Å². The summed E-state index contributed by atoms with van der Waals surface area (Å²) in [5.74, 6) is 6.31. The van der Waals surface area contributed by atoms with E-state index in [2.05, 4.69) is 30.4 Å². The third-order valence-electron chi connectivity index (χ3n) is 3.03. The van der Waals surface area contributed by atoms with Gasteiger partial charge in [0.15, 0.2) is 0 Å². The lowest BCUT2D eigenvalue weighted by molar-refractivity contribution is 0.459. The van der Waals surface area contributed by atoms with Crippen LogP contribution in [0.15, 0.2) is 12.3 Å². The van der Waals surface area contributed by atoms with Crippen LogP contribution in [0.2, 0.25) is 0 Å². The third kappa shape index (κ3) is 2.58. The van der Waals surface area contributed by atoms with Crippen LogP contribution in [0, 0.1) is 5.92 Å². The maximum absolute atomic E-state index is 5.54. The smallest absolute Gasteiger partial charge is 0.0640 e. The molecule has 15 heavy (non-hydrogen) atoms. The first-order valence-electron chi connectivity index (χ1n) is 5.71. The maximum Gasteiger partial charge on any atom is 0.0640 e. The van der Waals surface area contributed by atoms with Gasteiger partial charge in [0, 0.05) is 24.7 Å². The number of rotatable bonds is 5. The lowest BCUT2D eigenvalue weighted by Gasteiger charge is -2.13.